The van der Waals surface area contributed by atoms with Gasteiger partial charge in [-0.05, 0) is 37.0 Å². The molecule has 3 aliphatic rings. The molecule has 1 atom stereocenters. The summed E-state index contributed by atoms with van der Waals surface area (Å²) in [7, 11) is 0. The second-order valence-electron chi connectivity index (χ2n) is 7.00. The van der Waals surface area contributed by atoms with E-state index in [9.17, 15) is 22.8 Å². The van der Waals surface area contributed by atoms with E-state index in [1.54, 1.807) is 0 Å². The number of amides is 2. The predicted octanol–water partition coefficient (Wildman–Crippen LogP) is 2.09. The summed E-state index contributed by atoms with van der Waals surface area (Å²) in [5.41, 5.74) is 0.226. The van der Waals surface area contributed by atoms with Crippen LogP contribution in [0.2, 0.25) is 0 Å². The molecule has 124 valence electrons. The number of alkyl halides is 3. The van der Waals surface area contributed by atoms with Gasteiger partial charge in [-0.25, -0.2) is 0 Å². The van der Waals surface area contributed by atoms with Crippen molar-refractivity contribution in [1.82, 2.24) is 10.2 Å². The lowest BCUT2D eigenvalue weighted by Gasteiger charge is -2.42. The molecule has 3 fully saturated rings. The molecule has 1 N–H and O–H groups in total. The van der Waals surface area contributed by atoms with Crippen molar-refractivity contribution < 1.29 is 22.8 Å². The van der Waals surface area contributed by atoms with Crippen LogP contribution < -0.4 is 5.32 Å². The predicted molar refractivity (Wildman–Crippen MR) is 72.8 cm³/mol. The summed E-state index contributed by atoms with van der Waals surface area (Å²) >= 11 is 0. The van der Waals surface area contributed by atoms with Crippen LogP contribution in [0.15, 0.2) is 0 Å². The second kappa shape index (κ2) is 5.42. The topological polar surface area (TPSA) is 49.4 Å². The van der Waals surface area contributed by atoms with E-state index in [2.05, 4.69) is 5.32 Å². The summed E-state index contributed by atoms with van der Waals surface area (Å²) in [4.78, 5) is 24.5. The van der Waals surface area contributed by atoms with Crippen molar-refractivity contribution in [2.45, 2.75) is 44.7 Å². The summed E-state index contributed by atoms with van der Waals surface area (Å²) in [6.45, 7) is -0.775. The number of rotatable bonds is 5. The molecule has 2 saturated carbocycles. The quantitative estimate of drug-likeness (QED) is 0.844. The summed E-state index contributed by atoms with van der Waals surface area (Å²) < 4.78 is 37.1. The van der Waals surface area contributed by atoms with Gasteiger partial charge in [-0.1, -0.05) is 6.42 Å². The number of likely N-dealkylation sites (tertiary alicyclic amines) is 1. The highest BCUT2D eigenvalue weighted by Gasteiger charge is 2.49. The molecule has 0 bridgehead atoms. The molecule has 0 spiro atoms. The van der Waals surface area contributed by atoms with Gasteiger partial charge >= 0.3 is 6.18 Å². The average Bonchev–Trinajstić information content (AvgIpc) is 3.13. The zero-order valence-electron chi connectivity index (χ0n) is 12.4. The number of hydrogen-bond donors (Lipinski definition) is 1. The van der Waals surface area contributed by atoms with E-state index in [-0.39, 0.29) is 24.3 Å². The molecule has 0 aromatic heterocycles. The number of carbonyl (C=O) groups excluding carboxylic acids is 2. The Morgan fingerprint density at radius 2 is 2.00 bits per heavy atom. The molecule has 0 radical (unpaired) electrons. The fraction of sp³-hybridized carbons (Fsp3) is 0.867. The molecule has 3 rings (SSSR count). The highest BCUT2D eigenvalue weighted by Crippen LogP contribution is 2.56. The molecular formula is C15H21F3N2O2. The molecule has 0 aromatic carbocycles. The molecule has 7 heteroatoms. The van der Waals surface area contributed by atoms with Gasteiger partial charge in [0.25, 0.3) is 0 Å². The first kappa shape index (κ1) is 15.6. The summed E-state index contributed by atoms with van der Waals surface area (Å²) in [6, 6.07) is 0. The molecular weight excluding hydrogens is 297 g/mol. The van der Waals surface area contributed by atoms with Gasteiger partial charge in [0, 0.05) is 19.5 Å². The van der Waals surface area contributed by atoms with Gasteiger partial charge in [0.05, 0.1) is 5.92 Å². The maximum absolute atomic E-state index is 12.4. The zero-order chi connectivity index (χ0) is 16.0. The molecule has 1 saturated heterocycles. The minimum atomic E-state index is -4.41. The largest absolute Gasteiger partial charge is 0.406 e. The highest BCUT2D eigenvalue weighted by atomic mass is 19.4. The Kier molecular flexibility index (Phi) is 3.85. The van der Waals surface area contributed by atoms with Crippen molar-refractivity contribution in [3.63, 3.8) is 0 Å². The molecule has 2 aliphatic carbocycles. The van der Waals surface area contributed by atoms with Crippen LogP contribution in [-0.2, 0) is 9.59 Å². The Morgan fingerprint density at radius 3 is 2.50 bits per heavy atom. The first-order chi connectivity index (χ1) is 10.3. The Hall–Kier alpha value is -1.27. The number of hydrogen-bond acceptors (Lipinski definition) is 2. The SMILES string of the molecule is O=C(NCC1(C2CC2)CCC1)C1CC(=O)N(CC(F)(F)F)C1. The van der Waals surface area contributed by atoms with Crippen LogP contribution in [-0.4, -0.2) is 42.5 Å². The third kappa shape index (κ3) is 3.22. The Morgan fingerprint density at radius 1 is 1.32 bits per heavy atom. The van der Waals surface area contributed by atoms with E-state index in [1.165, 1.54) is 19.3 Å². The van der Waals surface area contributed by atoms with Crippen molar-refractivity contribution in [3.8, 4) is 0 Å². The fourth-order valence-electron chi connectivity index (χ4n) is 3.78. The van der Waals surface area contributed by atoms with Gasteiger partial charge in [-0.15, -0.1) is 0 Å². The Balaban J connectivity index is 1.49. The van der Waals surface area contributed by atoms with E-state index in [0.29, 0.717) is 12.5 Å². The van der Waals surface area contributed by atoms with Gasteiger partial charge in [-0.2, -0.15) is 13.2 Å². The van der Waals surface area contributed by atoms with Gasteiger partial charge in [0.15, 0.2) is 0 Å². The van der Waals surface area contributed by atoms with E-state index >= 15 is 0 Å². The lowest BCUT2D eigenvalue weighted by atomic mass is 9.65. The maximum atomic E-state index is 12.4. The molecule has 2 amide bonds. The minimum Gasteiger partial charge on any atom is -0.355 e. The zero-order valence-corrected chi connectivity index (χ0v) is 12.4. The van der Waals surface area contributed by atoms with Crippen molar-refractivity contribution in [2.24, 2.45) is 17.3 Å². The van der Waals surface area contributed by atoms with Crippen LogP contribution in [0.25, 0.3) is 0 Å². The molecule has 1 unspecified atom stereocenters. The van der Waals surface area contributed by atoms with Crippen LogP contribution in [0.3, 0.4) is 0 Å². The van der Waals surface area contributed by atoms with Crippen molar-refractivity contribution in [3.05, 3.63) is 0 Å². The van der Waals surface area contributed by atoms with E-state index in [1.807, 2.05) is 0 Å². The van der Waals surface area contributed by atoms with Crippen molar-refractivity contribution in [2.75, 3.05) is 19.6 Å². The fourth-order valence-corrected chi connectivity index (χ4v) is 3.78. The van der Waals surface area contributed by atoms with E-state index < -0.39 is 24.5 Å². The lowest BCUT2D eigenvalue weighted by molar-refractivity contribution is -0.157. The highest BCUT2D eigenvalue weighted by molar-refractivity contribution is 5.89. The number of nitrogens with zero attached hydrogens (tertiary/aromatic N) is 1. The van der Waals surface area contributed by atoms with Crippen LogP contribution in [0.4, 0.5) is 13.2 Å². The minimum absolute atomic E-state index is 0.113. The monoisotopic (exact) mass is 318 g/mol. The number of carbonyl (C=O) groups is 2. The summed E-state index contributed by atoms with van der Waals surface area (Å²) in [5.74, 6) is -0.803. The first-order valence-corrected chi connectivity index (χ1v) is 7.91. The smallest absolute Gasteiger partial charge is 0.355 e. The molecule has 0 aromatic rings. The van der Waals surface area contributed by atoms with E-state index in [0.717, 1.165) is 17.7 Å². The van der Waals surface area contributed by atoms with Gasteiger partial charge in [0.1, 0.15) is 6.54 Å². The van der Waals surface area contributed by atoms with E-state index in [4.69, 9.17) is 0 Å². The molecule has 22 heavy (non-hydrogen) atoms. The van der Waals surface area contributed by atoms with Crippen LogP contribution in [0, 0.1) is 17.3 Å². The van der Waals surface area contributed by atoms with Crippen LogP contribution in [0.1, 0.15) is 38.5 Å². The van der Waals surface area contributed by atoms with Crippen molar-refractivity contribution in [1.29, 1.82) is 0 Å². The molecule has 1 heterocycles. The maximum Gasteiger partial charge on any atom is 0.406 e. The normalized spacial score (nSPS) is 27.7. The van der Waals surface area contributed by atoms with Crippen molar-refractivity contribution >= 4 is 11.8 Å². The first-order valence-electron chi connectivity index (χ1n) is 7.91. The second-order valence-corrected chi connectivity index (χ2v) is 7.00. The number of halogens is 3. The molecule has 1 aliphatic heterocycles. The van der Waals surface area contributed by atoms with Gasteiger partial charge in [-0.3, -0.25) is 9.59 Å². The Labute approximate surface area is 127 Å². The van der Waals surface area contributed by atoms with Crippen LogP contribution >= 0.6 is 0 Å². The average molecular weight is 318 g/mol. The lowest BCUT2D eigenvalue weighted by Crippen LogP contribution is -2.45. The van der Waals surface area contributed by atoms with Gasteiger partial charge in [0.2, 0.25) is 11.8 Å². The van der Waals surface area contributed by atoms with Gasteiger partial charge < -0.3 is 10.2 Å². The standard InChI is InChI=1S/C15H21F3N2O2/c16-15(17,18)9-20-7-10(6-12(20)21)13(22)19-8-14(4-1-5-14)11-2-3-11/h10-11H,1-9H2,(H,19,22). The number of nitrogens with one attached hydrogen (secondary N) is 1. The molecule has 4 nitrogen and oxygen atoms in total. The Bertz CT molecular complexity index is 470. The van der Waals surface area contributed by atoms with Crippen LogP contribution in [0.5, 0.6) is 0 Å². The summed E-state index contributed by atoms with van der Waals surface area (Å²) in [5, 5.41) is 2.89. The third-order valence-electron chi connectivity index (χ3n) is 5.36. The third-order valence-corrected chi connectivity index (χ3v) is 5.36. The summed E-state index contributed by atoms with van der Waals surface area (Å²) in [6.07, 6.45) is 1.35.